The minimum atomic E-state index is -0.250. The molecule has 9 heteroatoms. The molecule has 2 atom stereocenters. The summed E-state index contributed by atoms with van der Waals surface area (Å²) in [7, 11) is 5.76. The first-order valence-corrected chi connectivity index (χ1v) is 8.49. The Hall–Kier alpha value is -2.42. The molecule has 26 heavy (non-hydrogen) atoms. The molecular formula is C17H27N5O4. The van der Waals surface area contributed by atoms with Crippen LogP contribution < -0.4 is 9.80 Å². The third-order valence-corrected chi connectivity index (χ3v) is 4.80. The van der Waals surface area contributed by atoms with Crippen LogP contribution in [0.1, 0.15) is 11.3 Å². The molecule has 9 nitrogen and oxygen atoms in total. The van der Waals surface area contributed by atoms with Gasteiger partial charge in [-0.25, -0.2) is 4.98 Å². The number of nitrogens with zero attached hydrogens (tertiary/aromatic N) is 5. The molecule has 3 rings (SSSR count). The van der Waals surface area contributed by atoms with E-state index in [1.807, 2.05) is 44.8 Å². The molecule has 0 saturated carbocycles. The largest absolute Gasteiger partial charge is 0.483 e. The zero-order valence-corrected chi connectivity index (χ0v) is 16.0. The van der Waals surface area contributed by atoms with Crippen LogP contribution in [0.3, 0.4) is 0 Å². The molecule has 1 aromatic rings. The second kappa shape index (κ2) is 8.31. The van der Waals surface area contributed by atoms with Crippen LogP contribution in [0.2, 0.25) is 0 Å². The van der Waals surface area contributed by atoms with Crippen molar-refractivity contribution in [3.8, 4) is 0 Å². The molecule has 2 saturated heterocycles. The van der Waals surface area contributed by atoms with E-state index in [4.69, 9.17) is 19.6 Å². The van der Waals surface area contributed by atoms with Gasteiger partial charge >= 0.3 is 0 Å². The lowest BCUT2D eigenvalue weighted by molar-refractivity contribution is -0.133. The molecule has 144 valence electrons. The van der Waals surface area contributed by atoms with Crippen LogP contribution in [0.4, 0.5) is 11.8 Å². The van der Waals surface area contributed by atoms with Gasteiger partial charge in [0.15, 0.2) is 0 Å². The molecule has 0 unspecified atom stereocenters. The number of carbonyl (C=O) groups is 2. The number of anilines is 2. The van der Waals surface area contributed by atoms with E-state index in [1.54, 1.807) is 0 Å². The quantitative estimate of drug-likeness (QED) is 0.740. The second-order valence-corrected chi connectivity index (χ2v) is 6.80. The van der Waals surface area contributed by atoms with Gasteiger partial charge in [-0.3, -0.25) is 9.59 Å². The first kappa shape index (κ1) is 19.9. The van der Waals surface area contributed by atoms with Crippen LogP contribution in [-0.4, -0.2) is 85.8 Å². The highest BCUT2D eigenvalue weighted by Gasteiger charge is 2.38. The fourth-order valence-corrected chi connectivity index (χ4v) is 3.18. The van der Waals surface area contributed by atoms with Crippen LogP contribution >= 0.6 is 0 Å². The van der Waals surface area contributed by atoms with Gasteiger partial charge in [0.1, 0.15) is 5.82 Å². The van der Waals surface area contributed by atoms with Gasteiger partial charge in [0, 0.05) is 45.5 Å². The predicted molar refractivity (Wildman–Crippen MR) is 97.6 cm³/mol. The van der Waals surface area contributed by atoms with Gasteiger partial charge in [0.2, 0.25) is 11.9 Å². The Morgan fingerprint density at radius 1 is 1.23 bits per heavy atom. The molecular weight excluding hydrogens is 338 g/mol. The highest BCUT2D eigenvalue weighted by atomic mass is 16.5. The summed E-state index contributed by atoms with van der Waals surface area (Å²) in [6.07, 6.45) is 0. The Balaban J connectivity index is 0.000000758. The average molecular weight is 365 g/mol. The number of amides is 1. The zero-order chi connectivity index (χ0) is 19.4. The fourth-order valence-electron chi connectivity index (χ4n) is 3.18. The van der Waals surface area contributed by atoms with Crippen LogP contribution in [0.15, 0.2) is 0 Å². The number of fused-ring (bicyclic) bond motifs is 3. The smallest absolute Gasteiger partial charge is 0.290 e. The van der Waals surface area contributed by atoms with Crippen molar-refractivity contribution in [1.82, 2.24) is 14.9 Å². The molecule has 2 fully saturated rings. The Morgan fingerprint density at radius 3 is 2.50 bits per heavy atom. The summed E-state index contributed by atoms with van der Waals surface area (Å²) >= 11 is 0. The molecule has 1 aromatic heterocycles. The van der Waals surface area contributed by atoms with Crippen LogP contribution in [-0.2, 0) is 14.3 Å². The SMILES string of the molecule is Cc1nc(N(C)C)nc(N2C[C@@H]3COC[C@H](C2)N(C)C3=O)c1C.O=CO. The lowest BCUT2D eigenvalue weighted by Crippen LogP contribution is -2.43. The van der Waals surface area contributed by atoms with Gasteiger partial charge in [-0.1, -0.05) is 0 Å². The second-order valence-electron chi connectivity index (χ2n) is 6.80. The van der Waals surface area contributed by atoms with Crippen molar-refractivity contribution < 1.29 is 19.4 Å². The van der Waals surface area contributed by atoms with E-state index in [0.29, 0.717) is 25.7 Å². The summed E-state index contributed by atoms with van der Waals surface area (Å²) in [5.41, 5.74) is 2.05. The Bertz CT molecular complexity index is 667. The maximum absolute atomic E-state index is 12.5. The van der Waals surface area contributed by atoms with E-state index in [9.17, 15) is 4.79 Å². The number of aryl methyl sites for hydroxylation is 1. The van der Waals surface area contributed by atoms with E-state index < -0.39 is 0 Å². The zero-order valence-electron chi connectivity index (χ0n) is 16.0. The van der Waals surface area contributed by atoms with Crippen molar-refractivity contribution in [2.24, 2.45) is 5.92 Å². The van der Waals surface area contributed by atoms with Gasteiger partial charge in [0.05, 0.1) is 25.2 Å². The van der Waals surface area contributed by atoms with Gasteiger partial charge in [-0.05, 0) is 13.8 Å². The standard InChI is InChI=1S/C16H25N5O2.CH2O2/c1-10-11(2)17-16(19(3)4)18-14(10)21-6-12-8-23-9-13(7-21)20(5)15(12)22;2-1-3/h12-13H,6-9H2,1-5H3;1H,(H,2,3)/t12-,13+;/m1./s1. The molecule has 0 radical (unpaired) electrons. The van der Waals surface area contributed by atoms with Gasteiger partial charge in [-0.15, -0.1) is 0 Å². The summed E-state index contributed by atoms with van der Waals surface area (Å²) in [5.74, 6) is 1.67. The third kappa shape index (κ3) is 4.04. The van der Waals surface area contributed by atoms with Gasteiger partial charge in [-0.2, -0.15) is 4.98 Å². The maximum atomic E-state index is 12.5. The molecule has 3 heterocycles. The van der Waals surface area contributed by atoms with E-state index >= 15 is 0 Å². The van der Waals surface area contributed by atoms with Crippen molar-refractivity contribution >= 4 is 24.1 Å². The fraction of sp³-hybridized carbons (Fsp3) is 0.647. The number of likely N-dealkylation sites (N-methyl/N-ethyl adjacent to an activating group) is 1. The Morgan fingerprint density at radius 2 is 1.88 bits per heavy atom. The first-order chi connectivity index (χ1) is 12.3. The number of aromatic nitrogens is 2. The monoisotopic (exact) mass is 365 g/mol. The molecule has 0 aliphatic carbocycles. The lowest BCUT2D eigenvalue weighted by atomic mass is 10.1. The molecule has 1 amide bonds. The third-order valence-electron chi connectivity index (χ3n) is 4.80. The highest BCUT2D eigenvalue weighted by Crippen LogP contribution is 2.27. The summed E-state index contributed by atoms with van der Waals surface area (Å²) in [4.78, 5) is 36.1. The molecule has 1 N–H and O–H groups in total. The first-order valence-electron chi connectivity index (χ1n) is 8.49. The lowest BCUT2D eigenvalue weighted by Gasteiger charge is -2.31. The van der Waals surface area contributed by atoms with E-state index in [1.165, 1.54) is 0 Å². The summed E-state index contributed by atoms with van der Waals surface area (Å²) in [6, 6.07) is 0.0625. The Labute approximate surface area is 153 Å². The molecule has 0 aromatic carbocycles. The number of hydrogen-bond acceptors (Lipinski definition) is 7. The van der Waals surface area contributed by atoms with Gasteiger partial charge < -0.3 is 24.5 Å². The van der Waals surface area contributed by atoms with Crippen LogP contribution in [0, 0.1) is 19.8 Å². The minimum absolute atomic E-state index is 0.0625. The van der Waals surface area contributed by atoms with E-state index in [0.717, 1.165) is 23.6 Å². The molecule has 2 bridgehead atoms. The molecule has 2 aliphatic heterocycles. The van der Waals surface area contributed by atoms with E-state index in [-0.39, 0.29) is 24.3 Å². The molecule has 2 aliphatic rings. The van der Waals surface area contributed by atoms with Gasteiger partial charge in [0.25, 0.3) is 6.47 Å². The Kier molecular flexibility index (Phi) is 6.36. The predicted octanol–water partition coefficient (Wildman–Crippen LogP) is 0.154. The van der Waals surface area contributed by atoms with Crippen molar-refractivity contribution in [2.75, 3.05) is 57.2 Å². The molecule has 0 spiro atoms. The van der Waals surface area contributed by atoms with Crippen LogP contribution in [0.5, 0.6) is 0 Å². The maximum Gasteiger partial charge on any atom is 0.290 e. The summed E-state index contributed by atoms with van der Waals surface area (Å²) in [6.45, 7) is 6.25. The normalized spacial score (nSPS) is 22.3. The number of ether oxygens (including phenoxy) is 1. The van der Waals surface area contributed by atoms with E-state index in [2.05, 4.69) is 9.88 Å². The minimum Gasteiger partial charge on any atom is -0.483 e. The number of carboxylic acid groups (broad SMARTS) is 1. The van der Waals surface area contributed by atoms with Crippen molar-refractivity contribution in [2.45, 2.75) is 19.9 Å². The van der Waals surface area contributed by atoms with Crippen molar-refractivity contribution in [3.05, 3.63) is 11.3 Å². The summed E-state index contributed by atoms with van der Waals surface area (Å²) in [5, 5.41) is 6.89. The van der Waals surface area contributed by atoms with Crippen molar-refractivity contribution in [1.29, 1.82) is 0 Å². The number of hydrogen-bond donors (Lipinski definition) is 1. The summed E-state index contributed by atoms with van der Waals surface area (Å²) < 4.78 is 5.67. The highest BCUT2D eigenvalue weighted by molar-refractivity contribution is 5.80. The number of carbonyl (C=O) groups excluding carboxylic acids is 1. The number of rotatable bonds is 2. The topological polar surface area (TPSA) is 99.1 Å². The van der Waals surface area contributed by atoms with Crippen LogP contribution in [0.25, 0.3) is 0 Å². The van der Waals surface area contributed by atoms with Crippen molar-refractivity contribution in [3.63, 3.8) is 0 Å². The average Bonchev–Trinajstić information content (AvgIpc) is 2.76.